The molecule has 5 fully saturated rings. The molecule has 242 valence electrons. The molecule has 0 radical (unpaired) electrons. The van der Waals surface area contributed by atoms with Crippen molar-refractivity contribution < 1.29 is 33.4 Å². The van der Waals surface area contributed by atoms with Crippen LogP contribution in [0.5, 0.6) is 0 Å². The second-order valence-electron chi connectivity index (χ2n) is 17.1. The van der Waals surface area contributed by atoms with Crippen LogP contribution in [0.4, 0.5) is 0 Å². The van der Waals surface area contributed by atoms with E-state index in [-0.39, 0.29) is 86.8 Å². The van der Waals surface area contributed by atoms with Gasteiger partial charge in [-0.2, -0.15) is 0 Å². The zero-order valence-electron chi connectivity index (χ0n) is 28.6. The van der Waals surface area contributed by atoms with Crippen LogP contribution in [-0.4, -0.2) is 42.0 Å². The number of rotatable bonds is 4. The highest BCUT2D eigenvalue weighted by Crippen LogP contribution is 2.79. The number of ether oxygens (including phenoxy) is 3. The smallest absolute Gasteiger partial charge is 0.302 e. The third-order valence-corrected chi connectivity index (χ3v) is 14.9. The lowest BCUT2D eigenvalue weighted by Gasteiger charge is -2.74. The van der Waals surface area contributed by atoms with Gasteiger partial charge in [-0.05, 0) is 91.8 Å². The van der Waals surface area contributed by atoms with Gasteiger partial charge in [0, 0.05) is 43.4 Å². The summed E-state index contributed by atoms with van der Waals surface area (Å²) in [4.78, 5) is 50.8. The first-order chi connectivity index (χ1) is 19.7. The van der Waals surface area contributed by atoms with E-state index in [1.807, 2.05) is 0 Å². The van der Waals surface area contributed by atoms with E-state index in [0.717, 1.165) is 44.9 Å². The quantitative estimate of drug-likeness (QED) is 0.251. The van der Waals surface area contributed by atoms with Gasteiger partial charge in [0.05, 0.1) is 0 Å². The van der Waals surface area contributed by atoms with Gasteiger partial charge in [0.15, 0.2) is 0 Å². The van der Waals surface area contributed by atoms with E-state index in [0.29, 0.717) is 12.3 Å². The predicted octanol–water partition coefficient (Wildman–Crippen LogP) is 7.08. The molecule has 5 aliphatic carbocycles. The molecule has 0 unspecified atom stereocenters. The Hall–Kier alpha value is -1.92. The molecule has 43 heavy (non-hydrogen) atoms. The number of hydrogen-bond acceptors (Lipinski definition) is 7. The molecule has 0 bridgehead atoms. The summed E-state index contributed by atoms with van der Waals surface area (Å²) >= 11 is 0. The van der Waals surface area contributed by atoms with Gasteiger partial charge in [0.1, 0.15) is 24.1 Å². The van der Waals surface area contributed by atoms with Gasteiger partial charge < -0.3 is 14.2 Å². The van der Waals surface area contributed by atoms with Crippen molar-refractivity contribution in [2.45, 2.75) is 146 Å². The average molecular weight is 601 g/mol. The van der Waals surface area contributed by atoms with Crippen LogP contribution in [-0.2, 0) is 33.4 Å². The summed E-state index contributed by atoms with van der Waals surface area (Å²) in [5.74, 6) is -0.133. The molecular weight excluding hydrogens is 544 g/mol. The fourth-order valence-electron chi connectivity index (χ4n) is 13.1. The molecule has 0 aromatic rings. The van der Waals surface area contributed by atoms with Crippen LogP contribution in [0.15, 0.2) is 0 Å². The molecule has 0 saturated heterocycles. The zero-order chi connectivity index (χ0) is 32.1. The molecule has 7 heteroatoms. The van der Waals surface area contributed by atoms with Crippen LogP contribution in [0.3, 0.4) is 0 Å². The molecule has 5 saturated carbocycles. The minimum atomic E-state index is -0.600. The van der Waals surface area contributed by atoms with Gasteiger partial charge in [0.25, 0.3) is 0 Å². The van der Waals surface area contributed by atoms with Crippen LogP contribution < -0.4 is 0 Å². The molecule has 0 aromatic carbocycles. The highest BCUT2D eigenvalue weighted by atomic mass is 16.6. The standard InChI is InChI=1S/C36H56O7/c1-20(37)32(7)16-17-34(9)29(32)25(42-22(3)39)19-36(11)30(34)24(41-21(2)38)18-27-33(8)14-13-28(43-23(4)40)31(5,6)26(33)12-15-35(27,36)10/h24-30H,12-19H2,1-11H3/t24-,25+,26+,27-,28+,29+,30-,32+,33+,34+,35-,36-/m1/s1. The molecule has 0 aliphatic heterocycles. The highest BCUT2D eigenvalue weighted by Gasteiger charge is 2.77. The summed E-state index contributed by atoms with van der Waals surface area (Å²) in [5, 5.41) is 0. The lowest BCUT2D eigenvalue weighted by atomic mass is 9.31. The topological polar surface area (TPSA) is 96.0 Å². The molecule has 0 amide bonds. The number of Topliss-reactive ketones (excluding diaryl/α,β-unsaturated/α-hetero) is 1. The average Bonchev–Trinajstić information content (AvgIpc) is 3.14. The van der Waals surface area contributed by atoms with Crippen molar-refractivity contribution in [2.75, 3.05) is 0 Å². The molecular formula is C36H56O7. The van der Waals surface area contributed by atoms with E-state index < -0.39 is 5.41 Å². The van der Waals surface area contributed by atoms with Crippen molar-refractivity contribution in [3.05, 3.63) is 0 Å². The first-order valence-corrected chi connectivity index (χ1v) is 16.7. The first-order valence-electron chi connectivity index (χ1n) is 16.7. The Bertz CT molecular complexity index is 1210. The maximum Gasteiger partial charge on any atom is 0.302 e. The zero-order valence-corrected chi connectivity index (χ0v) is 28.6. The van der Waals surface area contributed by atoms with Crippen molar-refractivity contribution in [3.63, 3.8) is 0 Å². The molecule has 0 aromatic heterocycles. The highest BCUT2D eigenvalue weighted by molar-refractivity contribution is 5.83. The molecule has 5 rings (SSSR count). The Labute approximate surface area is 258 Å². The number of carbonyl (C=O) groups excluding carboxylic acids is 4. The summed E-state index contributed by atoms with van der Waals surface area (Å²) in [6, 6.07) is 0. The monoisotopic (exact) mass is 600 g/mol. The molecule has 0 spiro atoms. The second-order valence-corrected chi connectivity index (χ2v) is 17.1. The van der Waals surface area contributed by atoms with Crippen molar-refractivity contribution >= 4 is 23.7 Å². The summed E-state index contributed by atoms with van der Waals surface area (Å²) in [5.41, 5.74) is -1.58. The van der Waals surface area contributed by atoms with Gasteiger partial charge in [-0.25, -0.2) is 0 Å². The Balaban J connectivity index is 1.66. The number of esters is 3. The fourth-order valence-corrected chi connectivity index (χ4v) is 13.1. The molecule has 0 heterocycles. The van der Waals surface area contributed by atoms with E-state index in [9.17, 15) is 19.2 Å². The van der Waals surface area contributed by atoms with E-state index >= 15 is 0 Å². The third-order valence-electron chi connectivity index (χ3n) is 14.9. The maximum absolute atomic E-state index is 13.3. The van der Waals surface area contributed by atoms with Gasteiger partial charge >= 0.3 is 17.9 Å². The maximum atomic E-state index is 13.3. The van der Waals surface area contributed by atoms with Crippen molar-refractivity contribution in [2.24, 2.45) is 56.2 Å². The van der Waals surface area contributed by atoms with E-state index in [4.69, 9.17) is 14.2 Å². The van der Waals surface area contributed by atoms with Crippen LogP contribution in [0.2, 0.25) is 0 Å². The number of hydrogen-bond donors (Lipinski definition) is 0. The van der Waals surface area contributed by atoms with E-state index in [2.05, 4.69) is 48.5 Å². The molecule has 12 atom stereocenters. The van der Waals surface area contributed by atoms with Gasteiger partial charge in [0.2, 0.25) is 0 Å². The first kappa shape index (κ1) is 32.5. The predicted molar refractivity (Wildman–Crippen MR) is 163 cm³/mol. The molecule has 7 nitrogen and oxygen atoms in total. The number of fused-ring (bicyclic) bond motifs is 7. The van der Waals surface area contributed by atoms with Crippen molar-refractivity contribution in [1.82, 2.24) is 0 Å². The summed E-state index contributed by atoms with van der Waals surface area (Å²) < 4.78 is 18.5. The number of carbonyl (C=O) groups is 4. The summed E-state index contributed by atoms with van der Waals surface area (Å²) in [7, 11) is 0. The lowest BCUT2D eigenvalue weighted by Crippen LogP contribution is -2.72. The van der Waals surface area contributed by atoms with Gasteiger partial charge in [-0.1, -0.05) is 48.5 Å². The minimum Gasteiger partial charge on any atom is -0.462 e. The summed E-state index contributed by atoms with van der Waals surface area (Å²) in [6.45, 7) is 22.4. The lowest BCUT2D eigenvalue weighted by molar-refractivity contribution is -0.295. The van der Waals surface area contributed by atoms with E-state index in [1.54, 1.807) is 6.92 Å². The van der Waals surface area contributed by atoms with Crippen LogP contribution in [0.25, 0.3) is 0 Å². The van der Waals surface area contributed by atoms with Crippen LogP contribution >= 0.6 is 0 Å². The Morgan fingerprint density at radius 1 is 0.581 bits per heavy atom. The molecule has 0 N–H and O–H groups in total. The van der Waals surface area contributed by atoms with Gasteiger partial charge in [-0.15, -0.1) is 0 Å². The Morgan fingerprint density at radius 2 is 1.16 bits per heavy atom. The number of ketones is 1. The Kier molecular flexibility index (Phi) is 7.58. The normalized spacial score (nSPS) is 49.8. The molecule has 5 aliphatic rings. The largest absolute Gasteiger partial charge is 0.462 e. The minimum absolute atomic E-state index is 0.0358. The second kappa shape index (κ2) is 10.0. The summed E-state index contributed by atoms with van der Waals surface area (Å²) in [6.07, 6.45) is 6.03. The van der Waals surface area contributed by atoms with E-state index in [1.165, 1.54) is 20.8 Å². The third kappa shape index (κ3) is 4.39. The SMILES string of the molecule is CC(=O)O[C@H]1C[C@]2(C)[C@H]([C@H](OC(C)=O)C[C@@H]3[C@@]4(C)CC[C@H](OC(C)=O)C(C)(C)[C@@H]4CC[C@]32C)[C@@]2(C)CC[C@@](C)(C(C)=O)[C@H]12. The van der Waals surface area contributed by atoms with Crippen LogP contribution in [0, 0.1) is 56.2 Å². The fraction of sp³-hybridized carbons (Fsp3) is 0.889. The van der Waals surface area contributed by atoms with Crippen molar-refractivity contribution in [1.29, 1.82) is 0 Å². The van der Waals surface area contributed by atoms with Crippen molar-refractivity contribution in [3.8, 4) is 0 Å². The van der Waals surface area contributed by atoms with Crippen LogP contribution in [0.1, 0.15) is 128 Å². The van der Waals surface area contributed by atoms with Gasteiger partial charge in [-0.3, -0.25) is 19.2 Å². The Morgan fingerprint density at radius 3 is 1.72 bits per heavy atom.